The molecule has 0 saturated heterocycles. The van der Waals surface area contributed by atoms with E-state index in [0.29, 0.717) is 12.2 Å². The molecule has 4 rings (SSSR count). The number of rotatable bonds is 5. The zero-order chi connectivity index (χ0) is 20.4. The maximum absolute atomic E-state index is 12.5. The van der Waals surface area contributed by atoms with E-state index < -0.39 is 0 Å². The van der Waals surface area contributed by atoms with Gasteiger partial charge in [0, 0.05) is 42.5 Å². The minimum Gasteiger partial charge on any atom is -0.497 e. The van der Waals surface area contributed by atoms with Crippen LogP contribution in [0.1, 0.15) is 27.3 Å². The normalized spacial score (nSPS) is 10.9. The highest BCUT2D eigenvalue weighted by Crippen LogP contribution is 2.22. The molecule has 0 fully saturated rings. The van der Waals surface area contributed by atoms with Crippen LogP contribution < -0.4 is 10.1 Å². The molecule has 7 heteroatoms. The number of aromatic nitrogens is 4. The number of carbonyl (C=O) groups is 1. The van der Waals surface area contributed by atoms with Crippen LogP contribution in [-0.2, 0) is 6.54 Å². The average molecular weight is 387 g/mol. The second-order valence-corrected chi connectivity index (χ2v) is 6.84. The van der Waals surface area contributed by atoms with Gasteiger partial charge in [-0.05, 0) is 49.2 Å². The maximum Gasteiger partial charge on any atom is 0.272 e. The quantitative estimate of drug-likeness (QED) is 0.568. The third kappa shape index (κ3) is 3.94. The SMILES string of the molecule is COc1ccn2nc(C(=O)NCc3cnc(-c4ccnc(C)c4)c(C)c3)cc2c1. The topological polar surface area (TPSA) is 81.4 Å². The molecule has 0 bridgehead atoms. The van der Waals surface area contributed by atoms with Gasteiger partial charge in [-0.25, -0.2) is 4.52 Å². The van der Waals surface area contributed by atoms with Crippen molar-refractivity contribution in [1.82, 2.24) is 24.9 Å². The van der Waals surface area contributed by atoms with Gasteiger partial charge in [-0.2, -0.15) is 5.10 Å². The molecule has 0 aliphatic carbocycles. The molecule has 4 heterocycles. The predicted octanol–water partition coefficient (Wildman–Crippen LogP) is 3.35. The molecule has 0 radical (unpaired) electrons. The summed E-state index contributed by atoms with van der Waals surface area (Å²) in [6.07, 6.45) is 5.33. The van der Waals surface area contributed by atoms with Crippen LogP contribution in [0.25, 0.3) is 16.8 Å². The first-order chi connectivity index (χ1) is 14.0. The molecule has 4 aromatic rings. The van der Waals surface area contributed by atoms with Gasteiger partial charge in [0.2, 0.25) is 0 Å². The molecule has 29 heavy (non-hydrogen) atoms. The van der Waals surface area contributed by atoms with Crippen molar-refractivity contribution < 1.29 is 9.53 Å². The monoisotopic (exact) mass is 387 g/mol. The van der Waals surface area contributed by atoms with Crippen molar-refractivity contribution in [3.63, 3.8) is 0 Å². The van der Waals surface area contributed by atoms with Crippen LogP contribution in [0.3, 0.4) is 0 Å². The van der Waals surface area contributed by atoms with Crippen LogP contribution in [0.15, 0.2) is 55.0 Å². The van der Waals surface area contributed by atoms with Gasteiger partial charge in [-0.3, -0.25) is 14.8 Å². The molecule has 1 amide bonds. The number of nitrogens with one attached hydrogen (secondary N) is 1. The minimum absolute atomic E-state index is 0.237. The lowest BCUT2D eigenvalue weighted by molar-refractivity contribution is 0.0945. The summed E-state index contributed by atoms with van der Waals surface area (Å²) >= 11 is 0. The summed E-state index contributed by atoms with van der Waals surface area (Å²) < 4.78 is 6.85. The summed E-state index contributed by atoms with van der Waals surface area (Å²) in [5.74, 6) is 0.481. The number of aryl methyl sites for hydroxylation is 2. The van der Waals surface area contributed by atoms with E-state index in [1.807, 2.05) is 38.1 Å². The Morgan fingerprint density at radius 1 is 1.14 bits per heavy atom. The lowest BCUT2D eigenvalue weighted by atomic mass is 10.1. The number of methoxy groups -OCH3 is 1. The smallest absolute Gasteiger partial charge is 0.272 e. The van der Waals surface area contributed by atoms with E-state index in [2.05, 4.69) is 20.4 Å². The Labute approximate surface area is 168 Å². The Hall–Kier alpha value is -3.74. The van der Waals surface area contributed by atoms with Crippen molar-refractivity contribution in [2.24, 2.45) is 0 Å². The van der Waals surface area contributed by atoms with Gasteiger partial charge in [-0.1, -0.05) is 6.07 Å². The van der Waals surface area contributed by atoms with Crippen molar-refractivity contribution in [3.8, 4) is 17.0 Å². The third-order valence-corrected chi connectivity index (χ3v) is 4.66. The second-order valence-electron chi connectivity index (χ2n) is 6.84. The lowest BCUT2D eigenvalue weighted by Gasteiger charge is -2.09. The molecule has 0 aliphatic rings. The zero-order valence-electron chi connectivity index (χ0n) is 16.5. The first-order valence-electron chi connectivity index (χ1n) is 9.23. The highest BCUT2D eigenvalue weighted by atomic mass is 16.5. The first-order valence-corrected chi connectivity index (χ1v) is 9.23. The molecule has 1 N–H and O–H groups in total. The van der Waals surface area contributed by atoms with Gasteiger partial charge in [0.05, 0.1) is 18.3 Å². The molecule has 7 nitrogen and oxygen atoms in total. The van der Waals surface area contributed by atoms with Crippen LogP contribution >= 0.6 is 0 Å². The van der Waals surface area contributed by atoms with E-state index in [4.69, 9.17) is 4.74 Å². The zero-order valence-corrected chi connectivity index (χ0v) is 16.5. The predicted molar refractivity (Wildman–Crippen MR) is 110 cm³/mol. The van der Waals surface area contributed by atoms with E-state index in [0.717, 1.165) is 39.3 Å². The van der Waals surface area contributed by atoms with Crippen LogP contribution in [0.5, 0.6) is 5.75 Å². The summed E-state index contributed by atoms with van der Waals surface area (Å²) in [6, 6.07) is 11.3. The van der Waals surface area contributed by atoms with Crippen molar-refractivity contribution >= 4 is 11.4 Å². The molecular weight excluding hydrogens is 366 g/mol. The fraction of sp³-hybridized carbons (Fsp3) is 0.182. The van der Waals surface area contributed by atoms with Gasteiger partial charge < -0.3 is 10.1 Å². The number of nitrogens with zero attached hydrogens (tertiary/aromatic N) is 4. The summed E-state index contributed by atoms with van der Waals surface area (Å²) in [5.41, 5.74) is 6.02. The molecule has 0 aliphatic heterocycles. The molecule has 4 aromatic heterocycles. The standard InChI is InChI=1S/C22H21N5O2/c1-14-8-16(12-24-21(14)17-4-6-23-15(2)9-17)13-25-22(28)20-11-18-10-19(29-3)5-7-27(18)26-20/h4-12H,13H2,1-3H3,(H,25,28). The maximum atomic E-state index is 12.5. The Morgan fingerprint density at radius 2 is 2.00 bits per heavy atom. The number of fused-ring (bicyclic) bond motifs is 1. The van der Waals surface area contributed by atoms with Crippen LogP contribution in [-0.4, -0.2) is 32.6 Å². The van der Waals surface area contributed by atoms with Gasteiger partial charge in [0.1, 0.15) is 5.75 Å². The Morgan fingerprint density at radius 3 is 2.76 bits per heavy atom. The fourth-order valence-electron chi connectivity index (χ4n) is 3.21. The fourth-order valence-corrected chi connectivity index (χ4v) is 3.21. The first kappa shape index (κ1) is 18.6. The van der Waals surface area contributed by atoms with E-state index in [1.54, 1.807) is 42.3 Å². The summed E-state index contributed by atoms with van der Waals surface area (Å²) in [4.78, 5) is 21.3. The van der Waals surface area contributed by atoms with Gasteiger partial charge >= 0.3 is 0 Å². The number of hydrogen-bond donors (Lipinski definition) is 1. The van der Waals surface area contributed by atoms with Gasteiger partial charge in [0.15, 0.2) is 5.69 Å². The number of amides is 1. The number of pyridine rings is 3. The number of ether oxygens (including phenoxy) is 1. The Balaban J connectivity index is 1.47. The Bertz CT molecular complexity index is 1200. The molecule has 0 saturated carbocycles. The molecule has 0 unspecified atom stereocenters. The highest BCUT2D eigenvalue weighted by molar-refractivity contribution is 5.93. The number of hydrogen-bond acceptors (Lipinski definition) is 5. The second kappa shape index (κ2) is 7.71. The molecule has 0 atom stereocenters. The van der Waals surface area contributed by atoms with Crippen LogP contribution in [0, 0.1) is 13.8 Å². The summed E-state index contributed by atoms with van der Waals surface area (Å²) in [7, 11) is 1.60. The minimum atomic E-state index is -0.237. The van der Waals surface area contributed by atoms with Crippen molar-refractivity contribution in [2.75, 3.05) is 7.11 Å². The van der Waals surface area contributed by atoms with Crippen LogP contribution in [0.4, 0.5) is 0 Å². The largest absolute Gasteiger partial charge is 0.497 e. The van der Waals surface area contributed by atoms with E-state index in [1.165, 1.54) is 0 Å². The summed E-state index contributed by atoms with van der Waals surface area (Å²) in [6.45, 7) is 4.34. The van der Waals surface area contributed by atoms with Crippen molar-refractivity contribution in [3.05, 3.63) is 77.5 Å². The molecular formula is C22H21N5O2. The number of carbonyl (C=O) groups excluding carboxylic acids is 1. The van der Waals surface area contributed by atoms with Crippen LogP contribution in [0.2, 0.25) is 0 Å². The van der Waals surface area contributed by atoms with Crippen molar-refractivity contribution in [1.29, 1.82) is 0 Å². The third-order valence-electron chi connectivity index (χ3n) is 4.66. The van der Waals surface area contributed by atoms with E-state index in [-0.39, 0.29) is 5.91 Å². The average Bonchev–Trinajstić information content (AvgIpc) is 3.15. The molecule has 0 aromatic carbocycles. The molecule has 146 valence electrons. The molecule has 0 spiro atoms. The highest BCUT2D eigenvalue weighted by Gasteiger charge is 2.12. The van der Waals surface area contributed by atoms with E-state index >= 15 is 0 Å². The van der Waals surface area contributed by atoms with Gasteiger partial charge in [0.25, 0.3) is 5.91 Å². The lowest BCUT2D eigenvalue weighted by Crippen LogP contribution is -2.23. The summed E-state index contributed by atoms with van der Waals surface area (Å²) in [5, 5.41) is 7.21. The van der Waals surface area contributed by atoms with E-state index in [9.17, 15) is 4.79 Å². The Kier molecular flexibility index (Phi) is 4.95. The van der Waals surface area contributed by atoms with Gasteiger partial charge in [-0.15, -0.1) is 0 Å². The van der Waals surface area contributed by atoms with Crippen molar-refractivity contribution in [2.45, 2.75) is 20.4 Å².